The van der Waals surface area contributed by atoms with Gasteiger partial charge in [-0.15, -0.1) is 0 Å². The molecule has 0 amide bonds. The summed E-state index contributed by atoms with van der Waals surface area (Å²) < 4.78 is 27.6. The van der Waals surface area contributed by atoms with Crippen molar-refractivity contribution in [2.75, 3.05) is 0 Å². The van der Waals surface area contributed by atoms with Crippen molar-refractivity contribution in [3.8, 4) is 0 Å². The molecule has 0 bridgehead atoms. The standard InChI is InChI=1S/C16H19Br2NO2S/c17-15-8-4-5-9-16(15,18)11-14-13(10-15)19(14)22(20,21)12-6-2-1-3-7-12/h1-3,6-7,13-14H,4-5,8-11H2/t13-,14-,15-,16-/m0/s1. The van der Waals surface area contributed by atoms with E-state index in [0.29, 0.717) is 4.90 Å². The summed E-state index contributed by atoms with van der Waals surface area (Å²) in [5.74, 6) is 0. The van der Waals surface area contributed by atoms with E-state index in [2.05, 4.69) is 31.9 Å². The predicted octanol–water partition coefficient (Wildman–Crippen LogP) is 4.06. The highest BCUT2D eigenvalue weighted by Gasteiger charge is 2.67. The van der Waals surface area contributed by atoms with Gasteiger partial charge in [-0.1, -0.05) is 62.9 Å². The Morgan fingerprint density at radius 1 is 0.955 bits per heavy atom. The molecule has 22 heavy (non-hydrogen) atoms. The molecular weight excluding hydrogens is 430 g/mol. The van der Waals surface area contributed by atoms with E-state index < -0.39 is 10.0 Å². The first-order chi connectivity index (χ1) is 10.4. The third-order valence-electron chi connectivity index (χ3n) is 5.59. The number of nitrogens with zero attached hydrogens (tertiary/aromatic N) is 1. The lowest BCUT2D eigenvalue weighted by molar-refractivity contribution is 0.270. The molecule has 3 aliphatic rings. The monoisotopic (exact) mass is 447 g/mol. The molecule has 1 aromatic rings. The van der Waals surface area contributed by atoms with Crippen LogP contribution in [0, 0.1) is 0 Å². The maximum Gasteiger partial charge on any atom is 0.243 e. The molecule has 1 aliphatic heterocycles. The Morgan fingerprint density at radius 2 is 1.45 bits per heavy atom. The number of alkyl halides is 2. The summed E-state index contributed by atoms with van der Waals surface area (Å²) in [6.45, 7) is 0. The Hall–Kier alpha value is 0.0900. The maximum absolute atomic E-state index is 12.9. The SMILES string of the molecule is O=S(=O)(c1ccccc1)N1[C@H]2C[C@@]3(Br)CCCC[C@]3(Br)C[C@@H]21. The zero-order valence-electron chi connectivity index (χ0n) is 12.2. The quantitative estimate of drug-likeness (QED) is 0.505. The number of benzene rings is 1. The molecule has 0 radical (unpaired) electrons. The fourth-order valence-corrected chi connectivity index (χ4v) is 8.10. The van der Waals surface area contributed by atoms with Gasteiger partial charge in [-0.2, -0.15) is 4.31 Å². The van der Waals surface area contributed by atoms with E-state index in [9.17, 15) is 8.42 Å². The Labute approximate surface area is 148 Å². The van der Waals surface area contributed by atoms with Gasteiger partial charge in [0, 0.05) is 20.7 Å². The van der Waals surface area contributed by atoms with Crippen LogP contribution in [-0.4, -0.2) is 33.5 Å². The van der Waals surface area contributed by atoms with Crippen LogP contribution in [0.5, 0.6) is 0 Å². The van der Waals surface area contributed by atoms with Crippen molar-refractivity contribution >= 4 is 41.9 Å². The third-order valence-corrected chi connectivity index (χ3v) is 11.0. The topological polar surface area (TPSA) is 37.1 Å². The average Bonchev–Trinajstić information content (AvgIpc) is 3.17. The number of fused-ring (bicyclic) bond motifs is 2. The highest BCUT2D eigenvalue weighted by molar-refractivity contribution is 9.13. The highest BCUT2D eigenvalue weighted by Crippen LogP contribution is 2.63. The van der Waals surface area contributed by atoms with Crippen LogP contribution in [-0.2, 0) is 10.0 Å². The average molecular weight is 449 g/mol. The van der Waals surface area contributed by atoms with E-state index in [1.54, 1.807) is 28.6 Å². The Bertz CT molecular complexity index is 669. The predicted molar refractivity (Wildman–Crippen MR) is 94.1 cm³/mol. The summed E-state index contributed by atoms with van der Waals surface area (Å²) in [5, 5.41) is 0. The fourth-order valence-electron chi connectivity index (χ4n) is 4.32. The van der Waals surface area contributed by atoms with Crippen LogP contribution < -0.4 is 0 Å². The molecule has 0 spiro atoms. The van der Waals surface area contributed by atoms with Crippen LogP contribution in [0.25, 0.3) is 0 Å². The first-order valence-corrected chi connectivity index (χ1v) is 10.9. The van der Waals surface area contributed by atoms with Gasteiger partial charge in [0.1, 0.15) is 0 Å². The van der Waals surface area contributed by atoms with E-state index in [1.165, 1.54) is 12.8 Å². The second-order valence-corrected chi connectivity index (χ2v) is 11.7. The molecular formula is C16H19Br2NO2S. The molecule has 1 saturated heterocycles. The minimum atomic E-state index is -3.35. The molecule has 1 aromatic carbocycles. The van der Waals surface area contributed by atoms with Crippen LogP contribution in [0.3, 0.4) is 0 Å². The van der Waals surface area contributed by atoms with E-state index in [-0.39, 0.29) is 20.7 Å². The molecule has 6 heteroatoms. The first kappa shape index (κ1) is 15.6. The van der Waals surface area contributed by atoms with Gasteiger partial charge in [0.05, 0.1) is 4.90 Å². The van der Waals surface area contributed by atoms with Crippen LogP contribution in [0.15, 0.2) is 35.2 Å². The Balaban J connectivity index is 1.64. The lowest BCUT2D eigenvalue weighted by Crippen LogP contribution is -2.51. The first-order valence-electron chi connectivity index (χ1n) is 7.84. The molecule has 3 fully saturated rings. The second-order valence-electron chi connectivity index (χ2n) is 6.83. The van der Waals surface area contributed by atoms with Gasteiger partial charge in [0.15, 0.2) is 0 Å². The largest absolute Gasteiger partial charge is 0.243 e. The summed E-state index contributed by atoms with van der Waals surface area (Å²) in [7, 11) is -3.35. The fraction of sp³-hybridized carbons (Fsp3) is 0.625. The van der Waals surface area contributed by atoms with Crippen molar-refractivity contribution in [2.45, 2.75) is 64.2 Å². The molecule has 120 valence electrons. The third kappa shape index (κ3) is 2.17. The van der Waals surface area contributed by atoms with Crippen LogP contribution in [0.1, 0.15) is 38.5 Å². The van der Waals surface area contributed by atoms with Crippen molar-refractivity contribution in [2.24, 2.45) is 0 Å². The van der Waals surface area contributed by atoms with Crippen LogP contribution >= 0.6 is 31.9 Å². The molecule has 4 atom stereocenters. The van der Waals surface area contributed by atoms with Gasteiger partial charge in [-0.25, -0.2) is 8.42 Å². The van der Waals surface area contributed by atoms with E-state index in [4.69, 9.17) is 0 Å². The number of sulfonamides is 1. The number of hydrogen-bond donors (Lipinski definition) is 0. The van der Waals surface area contributed by atoms with Gasteiger partial charge in [0.2, 0.25) is 10.0 Å². The molecule has 3 nitrogen and oxygen atoms in total. The molecule has 2 saturated carbocycles. The smallest absolute Gasteiger partial charge is 0.207 e. The molecule has 0 unspecified atom stereocenters. The van der Waals surface area contributed by atoms with Crippen LogP contribution in [0.4, 0.5) is 0 Å². The normalized spacial score (nSPS) is 44.0. The van der Waals surface area contributed by atoms with E-state index >= 15 is 0 Å². The van der Waals surface area contributed by atoms with Gasteiger partial charge >= 0.3 is 0 Å². The summed E-state index contributed by atoms with van der Waals surface area (Å²) in [6, 6.07) is 9.14. The zero-order chi connectivity index (χ0) is 15.6. The van der Waals surface area contributed by atoms with Crippen molar-refractivity contribution < 1.29 is 8.42 Å². The molecule has 1 heterocycles. The number of rotatable bonds is 2. The Morgan fingerprint density at radius 3 is 1.95 bits per heavy atom. The lowest BCUT2D eigenvalue weighted by Gasteiger charge is -2.49. The van der Waals surface area contributed by atoms with Crippen LogP contribution in [0.2, 0.25) is 0 Å². The van der Waals surface area contributed by atoms with E-state index in [1.807, 2.05) is 6.07 Å². The number of halogens is 2. The maximum atomic E-state index is 12.9. The van der Waals surface area contributed by atoms with Gasteiger partial charge in [0.25, 0.3) is 0 Å². The van der Waals surface area contributed by atoms with Crippen molar-refractivity contribution in [1.29, 1.82) is 0 Å². The Kier molecular flexibility index (Phi) is 3.58. The molecule has 0 aromatic heterocycles. The summed E-state index contributed by atoms with van der Waals surface area (Å²) in [6.07, 6.45) is 6.52. The van der Waals surface area contributed by atoms with Gasteiger partial charge < -0.3 is 0 Å². The van der Waals surface area contributed by atoms with Crippen molar-refractivity contribution in [1.82, 2.24) is 4.31 Å². The van der Waals surface area contributed by atoms with E-state index in [0.717, 1.165) is 25.7 Å². The lowest BCUT2D eigenvalue weighted by atomic mass is 9.70. The minimum absolute atomic E-state index is 0.0420. The molecule has 2 aliphatic carbocycles. The van der Waals surface area contributed by atoms with Crippen molar-refractivity contribution in [3.05, 3.63) is 30.3 Å². The van der Waals surface area contributed by atoms with Gasteiger partial charge in [-0.05, 0) is 37.8 Å². The molecule has 0 N–H and O–H groups in total. The second kappa shape index (κ2) is 5.04. The minimum Gasteiger partial charge on any atom is -0.207 e. The summed E-state index contributed by atoms with van der Waals surface area (Å²) >= 11 is 7.96. The summed E-state index contributed by atoms with van der Waals surface area (Å²) in [5.41, 5.74) is 0. The summed E-state index contributed by atoms with van der Waals surface area (Å²) in [4.78, 5) is 0.416. The zero-order valence-corrected chi connectivity index (χ0v) is 16.2. The van der Waals surface area contributed by atoms with Crippen molar-refractivity contribution in [3.63, 3.8) is 0 Å². The number of hydrogen-bond acceptors (Lipinski definition) is 2. The van der Waals surface area contributed by atoms with Gasteiger partial charge in [-0.3, -0.25) is 0 Å². The highest BCUT2D eigenvalue weighted by atomic mass is 79.9. The molecule has 4 rings (SSSR count).